The number of esters is 1. The van der Waals surface area contributed by atoms with Crippen molar-refractivity contribution in [2.75, 3.05) is 31.5 Å². The highest BCUT2D eigenvalue weighted by Gasteiger charge is 2.16. The van der Waals surface area contributed by atoms with Gasteiger partial charge in [0.05, 0.1) is 24.8 Å². The van der Waals surface area contributed by atoms with E-state index < -0.39 is 11.9 Å². The van der Waals surface area contributed by atoms with E-state index in [9.17, 15) is 14.4 Å². The summed E-state index contributed by atoms with van der Waals surface area (Å²) in [6.07, 6.45) is 0.953. The van der Waals surface area contributed by atoms with Crippen molar-refractivity contribution in [3.8, 4) is 17.5 Å². The van der Waals surface area contributed by atoms with Crippen LogP contribution in [0, 0.1) is 0 Å². The molecule has 11 heteroatoms. The molecule has 2 N–H and O–H groups in total. The van der Waals surface area contributed by atoms with E-state index in [1.165, 1.54) is 37.6 Å². The molecule has 0 bridgehead atoms. The number of nitrogens with zero attached hydrogens (tertiary/aromatic N) is 2. The molecule has 0 radical (unpaired) electrons. The molecule has 2 aromatic heterocycles. The Hall–Kier alpha value is -5.29. The number of anilines is 2. The summed E-state index contributed by atoms with van der Waals surface area (Å²) in [5.41, 5.74) is 1.56. The zero-order valence-corrected chi connectivity index (χ0v) is 22.6. The summed E-state index contributed by atoms with van der Waals surface area (Å²) in [6.45, 7) is 2.11. The lowest BCUT2D eigenvalue weighted by Gasteiger charge is -2.15. The molecule has 0 saturated carbocycles. The third-order valence-corrected chi connectivity index (χ3v) is 5.56. The number of ether oxygens (including phenoxy) is 4. The summed E-state index contributed by atoms with van der Waals surface area (Å²) in [6, 6.07) is 21.5. The fourth-order valence-electron chi connectivity index (χ4n) is 3.61. The molecular formula is C30H28N4O7. The van der Waals surface area contributed by atoms with E-state index in [0.29, 0.717) is 23.6 Å². The molecule has 0 saturated heterocycles. The first-order chi connectivity index (χ1) is 19.8. The van der Waals surface area contributed by atoms with Crippen molar-refractivity contribution in [2.45, 2.75) is 13.0 Å². The molecule has 1 atom stereocenters. The van der Waals surface area contributed by atoms with E-state index in [0.717, 1.165) is 0 Å². The van der Waals surface area contributed by atoms with Gasteiger partial charge < -0.3 is 29.6 Å². The van der Waals surface area contributed by atoms with E-state index in [1.807, 2.05) is 6.07 Å². The number of rotatable bonds is 11. The Morgan fingerprint density at radius 3 is 2.17 bits per heavy atom. The second kappa shape index (κ2) is 13.7. The summed E-state index contributed by atoms with van der Waals surface area (Å²) in [7, 11) is 2.82. The first kappa shape index (κ1) is 28.7. The minimum absolute atomic E-state index is 0.104. The van der Waals surface area contributed by atoms with E-state index in [-0.39, 0.29) is 40.7 Å². The van der Waals surface area contributed by atoms with Gasteiger partial charge in [0.2, 0.25) is 11.8 Å². The second-order valence-corrected chi connectivity index (χ2v) is 8.74. The van der Waals surface area contributed by atoms with Gasteiger partial charge in [-0.3, -0.25) is 9.59 Å². The summed E-state index contributed by atoms with van der Waals surface area (Å²) in [5, 5.41) is 5.50. The number of methoxy groups -OCH3 is 2. The van der Waals surface area contributed by atoms with E-state index in [4.69, 9.17) is 14.2 Å². The van der Waals surface area contributed by atoms with Gasteiger partial charge in [-0.25, -0.2) is 9.78 Å². The van der Waals surface area contributed by atoms with Gasteiger partial charge in [-0.2, -0.15) is 4.98 Å². The minimum atomic E-state index is -0.537. The molecule has 2 heterocycles. The van der Waals surface area contributed by atoms with Crippen molar-refractivity contribution < 1.29 is 33.3 Å². The van der Waals surface area contributed by atoms with E-state index in [2.05, 4.69) is 25.3 Å². The molecule has 4 rings (SSSR count). The quantitative estimate of drug-likeness (QED) is 0.245. The standard InChI is InChI=1S/C30H28N4O7/c1-19(18-38-2)40-26-15-22(29(36)33-25-14-9-21(17-31-25)30(37)39-3)16-27(34-26)41-24-12-10-23(11-13-24)32-28(35)20-7-5-4-6-8-20/h4-17,19H,18H2,1-3H3,(H,32,35)(H,31,33,36)/t19-/m1/s1. The summed E-state index contributed by atoms with van der Waals surface area (Å²) >= 11 is 0. The van der Waals surface area contributed by atoms with Crippen LogP contribution in [0.5, 0.6) is 17.5 Å². The van der Waals surface area contributed by atoms with Crippen molar-refractivity contribution in [3.05, 3.63) is 102 Å². The normalized spacial score (nSPS) is 11.2. The molecule has 0 unspecified atom stereocenters. The van der Waals surface area contributed by atoms with Gasteiger partial charge in [0.25, 0.3) is 11.8 Å². The molecule has 11 nitrogen and oxygen atoms in total. The second-order valence-electron chi connectivity index (χ2n) is 8.74. The van der Waals surface area contributed by atoms with Crippen molar-refractivity contribution in [3.63, 3.8) is 0 Å². The van der Waals surface area contributed by atoms with E-state index >= 15 is 0 Å². The van der Waals surface area contributed by atoms with E-state index in [1.54, 1.807) is 62.6 Å². The van der Waals surface area contributed by atoms with Gasteiger partial charge in [-0.1, -0.05) is 18.2 Å². The number of aromatic nitrogens is 2. The number of amides is 2. The maximum atomic E-state index is 13.1. The van der Waals surface area contributed by atoms with Gasteiger partial charge in [0.1, 0.15) is 17.7 Å². The number of benzene rings is 2. The number of hydrogen-bond donors (Lipinski definition) is 2. The Balaban J connectivity index is 1.50. The van der Waals surface area contributed by atoms with Crippen LogP contribution >= 0.6 is 0 Å². The predicted molar refractivity (Wildman–Crippen MR) is 151 cm³/mol. The molecule has 0 aliphatic rings. The lowest BCUT2D eigenvalue weighted by Crippen LogP contribution is -2.19. The molecule has 0 aliphatic carbocycles. The average molecular weight is 557 g/mol. The van der Waals surface area contributed by atoms with Crippen molar-refractivity contribution in [1.29, 1.82) is 0 Å². The Morgan fingerprint density at radius 2 is 1.51 bits per heavy atom. The van der Waals surface area contributed by atoms with Crippen molar-refractivity contribution in [1.82, 2.24) is 9.97 Å². The minimum Gasteiger partial charge on any atom is -0.472 e. The van der Waals surface area contributed by atoms with Gasteiger partial charge in [-0.05, 0) is 55.5 Å². The average Bonchev–Trinajstić information content (AvgIpc) is 2.98. The molecule has 210 valence electrons. The fourth-order valence-corrected chi connectivity index (χ4v) is 3.61. The maximum Gasteiger partial charge on any atom is 0.339 e. The number of nitrogens with one attached hydrogen (secondary N) is 2. The maximum absolute atomic E-state index is 13.1. The van der Waals surface area contributed by atoms with Crippen molar-refractivity contribution in [2.24, 2.45) is 0 Å². The highest BCUT2D eigenvalue weighted by atomic mass is 16.5. The first-order valence-corrected chi connectivity index (χ1v) is 12.5. The van der Waals surface area contributed by atoms with Crippen LogP contribution in [0.25, 0.3) is 0 Å². The van der Waals surface area contributed by atoms with Crippen LogP contribution in [0.15, 0.2) is 85.1 Å². The van der Waals surface area contributed by atoms with Crippen LogP contribution in [0.1, 0.15) is 38.0 Å². The summed E-state index contributed by atoms with van der Waals surface area (Å²) < 4.78 is 21.5. The number of carbonyl (C=O) groups excluding carboxylic acids is 3. The molecule has 0 spiro atoms. The first-order valence-electron chi connectivity index (χ1n) is 12.5. The molecule has 41 heavy (non-hydrogen) atoms. The lowest BCUT2D eigenvalue weighted by molar-refractivity contribution is 0.0600. The van der Waals surface area contributed by atoms with Gasteiger partial charge >= 0.3 is 5.97 Å². The van der Waals surface area contributed by atoms with Crippen LogP contribution in [0.3, 0.4) is 0 Å². The third kappa shape index (κ3) is 8.10. The topological polar surface area (TPSA) is 138 Å². The highest BCUT2D eigenvalue weighted by molar-refractivity contribution is 6.05. The summed E-state index contributed by atoms with van der Waals surface area (Å²) in [5.74, 6) is -0.371. The van der Waals surface area contributed by atoms with Crippen LogP contribution in [-0.4, -0.2) is 54.7 Å². The highest BCUT2D eigenvalue weighted by Crippen LogP contribution is 2.26. The van der Waals surface area contributed by atoms with Crippen molar-refractivity contribution >= 4 is 29.3 Å². The Bertz CT molecular complexity index is 1490. The van der Waals surface area contributed by atoms with Crippen LogP contribution in [0.4, 0.5) is 11.5 Å². The molecule has 2 aromatic carbocycles. The number of carbonyl (C=O) groups is 3. The predicted octanol–water partition coefficient (Wildman–Crippen LogP) is 4.97. The monoisotopic (exact) mass is 556 g/mol. The van der Waals surface area contributed by atoms with Crippen LogP contribution in [0.2, 0.25) is 0 Å². The molecule has 0 aliphatic heterocycles. The largest absolute Gasteiger partial charge is 0.472 e. The third-order valence-electron chi connectivity index (χ3n) is 5.56. The zero-order valence-electron chi connectivity index (χ0n) is 22.6. The van der Waals surface area contributed by atoms with Gasteiger partial charge in [0.15, 0.2) is 0 Å². The zero-order chi connectivity index (χ0) is 29.2. The molecule has 0 fully saturated rings. The van der Waals surface area contributed by atoms with Crippen LogP contribution in [-0.2, 0) is 9.47 Å². The SMILES string of the molecule is COC[C@@H](C)Oc1cc(C(=O)Nc2ccc(C(=O)OC)cn2)cc(Oc2ccc(NC(=O)c3ccccc3)cc2)n1. The molecular weight excluding hydrogens is 528 g/mol. The lowest BCUT2D eigenvalue weighted by atomic mass is 10.2. The number of pyridine rings is 2. The Kier molecular flexibility index (Phi) is 9.57. The molecule has 2 amide bonds. The van der Waals surface area contributed by atoms with Gasteiger partial charge in [0, 0.05) is 36.7 Å². The Labute approximate surface area is 236 Å². The Morgan fingerprint density at radius 1 is 0.805 bits per heavy atom. The number of hydrogen-bond acceptors (Lipinski definition) is 9. The molecule has 4 aromatic rings. The fraction of sp³-hybridized carbons (Fsp3) is 0.167. The van der Waals surface area contributed by atoms with Gasteiger partial charge in [-0.15, -0.1) is 0 Å². The summed E-state index contributed by atoms with van der Waals surface area (Å²) in [4.78, 5) is 45.6. The smallest absolute Gasteiger partial charge is 0.339 e. The van der Waals surface area contributed by atoms with Crippen LogP contribution < -0.4 is 20.1 Å².